The number of likely N-dealkylation sites (N-methyl/N-ethyl adjacent to an activating group) is 1. The minimum atomic E-state index is -0.480. The second-order valence-corrected chi connectivity index (χ2v) is 7.31. The molecule has 1 unspecified atom stereocenters. The van der Waals surface area contributed by atoms with Crippen LogP contribution in [-0.2, 0) is 16.1 Å². The average molecular weight is 397 g/mol. The van der Waals surface area contributed by atoms with Crippen LogP contribution in [0.15, 0.2) is 48.5 Å². The molecule has 0 aliphatic carbocycles. The Bertz CT molecular complexity index is 785. The lowest BCUT2D eigenvalue weighted by molar-refractivity contribution is -0.141. The Kier molecular flexibility index (Phi) is 8.71. The molecule has 0 fully saturated rings. The number of nitrogens with zero attached hydrogens (tertiary/aromatic N) is 1. The largest absolute Gasteiger partial charge is 0.494 e. The molecular formula is C24H32N2O3. The summed E-state index contributed by atoms with van der Waals surface area (Å²) in [6.07, 6.45) is 1.50. The number of carbonyl (C=O) groups is 2. The van der Waals surface area contributed by atoms with Gasteiger partial charge in [-0.3, -0.25) is 9.59 Å². The molecule has 2 aromatic carbocycles. The summed E-state index contributed by atoms with van der Waals surface area (Å²) >= 11 is 0. The minimum Gasteiger partial charge on any atom is -0.494 e. The summed E-state index contributed by atoms with van der Waals surface area (Å²) < 4.78 is 5.73. The molecule has 1 N–H and O–H groups in total. The Labute approximate surface area is 174 Å². The minimum absolute atomic E-state index is 0.0338. The number of hydrogen-bond donors (Lipinski definition) is 1. The van der Waals surface area contributed by atoms with E-state index < -0.39 is 6.04 Å². The molecule has 0 radical (unpaired) electrons. The molecule has 2 amide bonds. The highest BCUT2D eigenvalue weighted by Gasteiger charge is 2.27. The van der Waals surface area contributed by atoms with Gasteiger partial charge in [0, 0.05) is 20.0 Å². The van der Waals surface area contributed by atoms with E-state index in [1.54, 1.807) is 11.9 Å². The first-order valence-electron chi connectivity index (χ1n) is 10.2. The van der Waals surface area contributed by atoms with Gasteiger partial charge in [-0.1, -0.05) is 54.4 Å². The number of aryl methyl sites for hydroxylation is 2. The van der Waals surface area contributed by atoms with Gasteiger partial charge in [0.2, 0.25) is 11.8 Å². The van der Waals surface area contributed by atoms with Gasteiger partial charge in [0.05, 0.1) is 6.61 Å². The molecule has 0 saturated heterocycles. The van der Waals surface area contributed by atoms with Crippen molar-refractivity contribution < 1.29 is 14.3 Å². The number of benzene rings is 2. The molecule has 0 spiro atoms. The van der Waals surface area contributed by atoms with Crippen LogP contribution >= 0.6 is 0 Å². The van der Waals surface area contributed by atoms with E-state index in [0.29, 0.717) is 32.4 Å². The molecule has 0 bridgehead atoms. The summed E-state index contributed by atoms with van der Waals surface area (Å²) in [5.74, 6) is 0.633. The van der Waals surface area contributed by atoms with Crippen molar-refractivity contribution in [3.05, 3.63) is 65.2 Å². The molecule has 0 heterocycles. The molecule has 29 heavy (non-hydrogen) atoms. The third kappa shape index (κ3) is 6.93. The van der Waals surface area contributed by atoms with Crippen LogP contribution in [0.3, 0.4) is 0 Å². The second-order valence-electron chi connectivity index (χ2n) is 7.31. The van der Waals surface area contributed by atoms with Gasteiger partial charge >= 0.3 is 0 Å². The van der Waals surface area contributed by atoms with Crippen LogP contribution in [0.25, 0.3) is 0 Å². The smallest absolute Gasteiger partial charge is 0.242 e. The molecule has 156 valence electrons. The van der Waals surface area contributed by atoms with E-state index in [9.17, 15) is 9.59 Å². The highest BCUT2D eigenvalue weighted by atomic mass is 16.5. The van der Waals surface area contributed by atoms with Crippen molar-refractivity contribution in [2.24, 2.45) is 0 Å². The summed E-state index contributed by atoms with van der Waals surface area (Å²) in [5, 5.41) is 2.68. The summed E-state index contributed by atoms with van der Waals surface area (Å²) in [5.41, 5.74) is 3.36. The Balaban J connectivity index is 1.99. The predicted octanol–water partition coefficient (Wildman–Crippen LogP) is 4.02. The van der Waals surface area contributed by atoms with Crippen LogP contribution in [-0.4, -0.2) is 36.4 Å². The van der Waals surface area contributed by atoms with Gasteiger partial charge in [-0.25, -0.2) is 0 Å². The summed E-state index contributed by atoms with van der Waals surface area (Å²) in [4.78, 5) is 27.0. The Morgan fingerprint density at radius 3 is 2.14 bits per heavy atom. The van der Waals surface area contributed by atoms with E-state index in [4.69, 9.17) is 4.74 Å². The lowest BCUT2D eigenvalue weighted by Crippen LogP contribution is -2.48. The van der Waals surface area contributed by atoms with Crippen molar-refractivity contribution in [2.45, 2.75) is 52.6 Å². The van der Waals surface area contributed by atoms with Crippen molar-refractivity contribution in [3.63, 3.8) is 0 Å². The van der Waals surface area contributed by atoms with E-state index in [-0.39, 0.29) is 11.8 Å². The van der Waals surface area contributed by atoms with Crippen LogP contribution < -0.4 is 10.1 Å². The average Bonchev–Trinajstić information content (AvgIpc) is 2.73. The summed E-state index contributed by atoms with van der Waals surface area (Å²) in [7, 11) is 1.61. The first kappa shape index (κ1) is 22.5. The van der Waals surface area contributed by atoms with Crippen molar-refractivity contribution in [3.8, 4) is 5.75 Å². The van der Waals surface area contributed by atoms with Gasteiger partial charge in [0.25, 0.3) is 0 Å². The van der Waals surface area contributed by atoms with E-state index >= 15 is 0 Å². The molecule has 1 atom stereocenters. The lowest BCUT2D eigenvalue weighted by atomic mass is 10.1. The van der Waals surface area contributed by atoms with E-state index in [1.807, 2.05) is 69.3 Å². The van der Waals surface area contributed by atoms with Gasteiger partial charge in [-0.15, -0.1) is 0 Å². The molecule has 0 saturated carbocycles. The maximum atomic E-state index is 13.0. The molecule has 2 rings (SSSR count). The first-order chi connectivity index (χ1) is 13.9. The van der Waals surface area contributed by atoms with Crippen LogP contribution in [0.1, 0.15) is 42.9 Å². The van der Waals surface area contributed by atoms with E-state index in [2.05, 4.69) is 5.32 Å². The fourth-order valence-corrected chi connectivity index (χ4v) is 3.17. The number of ether oxygens (including phenoxy) is 1. The van der Waals surface area contributed by atoms with Gasteiger partial charge in [0.1, 0.15) is 11.8 Å². The normalized spacial score (nSPS) is 11.6. The lowest BCUT2D eigenvalue weighted by Gasteiger charge is -2.30. The number of amides is 2. The fourth-order valence-electron chi connectivity index (χ4n) is 3.17. The zero-order valence-electron chi connectivity index (χ0n) is 17.9. The van der Waals surface area contributed by atoms with Crippen LogP contribution in [0.2, 0.25) is 0 Å². The van der Waals surface area contributed by atoms with Crippen molar-refractivity contribution in [1.82, 2.24) is 10.2 Å². The Morgan fingerprint density at radius 1 is 1.00 bits per heavy atom. The third-order valence-electron chi connectivity index (χ3n) is 4.93. The standard InChI is InChI=1S/C24H32N2O3/c1-5-22(24(28)25-4)26(17-20-12-8-18(2)9-13-20)23(27)7-6-16-29-21-14-10-19(3)11-15-21/h8-15,22H,5-7,16-17H2,1-4H3,(H,25,28). The molecule has 5 heteroatoms. The van der Waals surface area contributed by atoms with Crippen molar-refractivity contribution >= 4 is 11.8 Å². The zero-order chi connectivity index (χ0) is 21.2. The predicted molar refractivity (Wildman–Crippen MR) is 116 cm³/mol. The van der Waals surface area contributed by atoms with Gasteiger partial charge in [-0.05, 0) is 44.4 Å². The molecule has 5 nitrogen and oxygen atoms in total. The van der Waals surface area contributed by atoms with Gasteiger partial charge in [-0.2, -0.15) is 0 Å². The Morgan fingerprint density at radius 2 is 1.59 bits per heavy atom. The maximum absolute atomic E-state index is 13.0. The molecule has 0 aliphatic heterocycles. The first-order valence-corrected chi connectivity index (χ1v) is 10.2. The quantitative estimate of drug-likeness (QED) is 0.617. The van der Waals surface area contributed by atoms with Crippen LogP contribution in [0, 0.1) is 13.8 Å². The highest BCUT2D eigenvalue weighted by molar-refractivity contribution is 5.87. The number of hydrogen-bond acceptors (Lipinski definition) is 3. The zero-order valence-corrected chi connectivity index (χ0v) is 17.9. The fraction of sp³-hybridized carbons (Fsp3) is 0.417. The van der Waals surface area contributed by atoms with Gasteiger partial charge < -0.3 is 15.0 Å². The third-order valence-corrected chi connectivity index (χ3v) is 4.93. The Hall–Kier alpha value is -2.82. The molecule has 0 aliphatic rings. The van der Waals surface area contributed by atoms with Crippen molar-refractivity contribution in [1.29, 1.82) is 0 Å². The molecule has 2 aromatic rings. The number of rotatable bonds is 10. The van der Waals surface area contributed by atoms with Gasteiger partial charge in [0.15, 0.2) is 0 Å². The van der Waals surface area contributed by atoms with Crippen LogP contribution in [0.4, 0.5) is 0 Å². The van der Waals surface area contributed by atoms with E-state index in [1.165, 1.54) is 11.1 Å². The summed E-state index contributed by atoms with van der Waals surface area (Å²) in [6, 6.07) is 15.4. The van der Waals surface area contributed by atoms with Crippen molar-refractivity contribution in [2.75, 3.05) is 13.7 Å². The number of carbonyl (C=O) groups excluding carboxylic acids is 2. The number of nitrogens with one attached hydrogen (secondary N) is 1. The second kappa shape index (κ2) is 11.2. The van der Waals surface area contributed by atoms with E-state index in [0.717, 1.165) is 11.3 Å². The molecular weight excluding hydrogens is 364 g/mol. The SMILES string of the molecule is CCC(C(=O)NC)N(Cc1ccc(C)cc1)C(=O)CCCOc1ccc(C)cc1. The highest BCUT2D eigenvalue weighted by Crippen LogP contribution is 2.16. The van der Waals surface area contributed by atoms with Crippen LogP contribution in [0.5, 0.6) is 5.75 Å². The maximum Gasteiger partial charge on any atom is 0.242 e. The topological polar surface area (TPSA) is 58.6 Å². The monoisotopic (exact) mass is 396 g/mol. The molecule has 0 aromatic heterocycles. The summed E-state index contributed by atoms with van der Waals surface area (Å²) in [6.45, 7) is 6.87.